The summed E-state index contributed by atoms with van der Waals surface area (Å²) in [6.45, 7) is 6.99. The summed E-state index contributed by atoms with van der Waals surface area (Å²) in [4.78, 5) is 14.7. The molecule has 1 aliphatic heterocycles. The van der Waals surface area contributed by atoms with Gasteiger partial charge in [0.1, 0.15) is 9.84 Å². The third-order valence-electron chi connectivity index (χ3n) is 5.99. The predicted molar refractivity (Wildman–Crippen MR) is 121 cm³/mol. The molecule has 1 aromatic carbocycles. The van der Waals surface area contributed by atoms with Crippen LogP contribution in [-0.4, -0.2) is 34.0 Å². The first-order valence-corrected chi connectivity index (χ1v) is 11.6. The number of aromatic nitrogens is 2. The van der Waals surface area contributed by atoms with Crippen molar-refractivity contribution in [2.75, 3.05) is 18.8 Å². The Morgan fingerprint density at radius 3 is 2.96 bits per heavy atom. The standard InChI is InChI=1S/C22H24N4S2/c1-3-26-10-4-5-15(13(26)2)20-12-17-16(8-9-24-21(17)28-20)22-25-18-11-14(23)6-7-19(18)27-22/h6-9,11-13,15H,3-5,10,23H2,1-2H3. The smallest absolute Gasteiger partial charge is 0.125 e. The van der Waals surface area contributed by atoms with Crippen molar-refractivity contribution in [3.05, 3.63) is 41.4 Å². The molecule has 4 aromatic rings. The Balaban J connectivity index is 1.59. The van der Waals surface area contributed by atoms with Gasteiger partial charge in [0.05, 0.1) is 10.2 Å². The number of likely N-dealkylation sites (N-methyl/N-ethyl adjacent to an activating group) is 1. The summed E-state index contributed by atoms with van der Waals surface area (Å²) in [5.74, 6) is 0.593. The van der Waals surface area contributed by atoms with E-state index in [9.17, 15) is 0 Å². The third-order valence-corrected chi connectivity index (χ3v) is 8.23. The first kappa shape index (κ1) is 18.0. The number of hydrogen-bond acceptors (Lipinski definition) is 6. The summed E-state index contributed by atoms with van der Waals surface area (Å²) in [5, 5.41) is 2.28. The van der Waals surface area contributed by atoms with Crippen molar-refractivity contribution in [2.24, 2.45) is 0 Å². The molecule has 0 spiro atoms. The van der Waals surface area contributed by atoms with Gasteiger partial charge in [0.25, 0.3) is 0 Å². The summed E-state index contributed by atoms with van der Waals surface area (Å²) in [6, 6.07) is 11.0. The molecule has 2 unspecified atom stereocenters. The number of nitrogens with two attached hydrogens (primary N) is 1. The number of nitrogens with zero attached hydrogens (tertiary/aromatic N) is 3. The van der Waals surface area contributed by atoms with Gasteiger partial charge in [-0.15, -0.1) is 22.7 Å². The molecule has 5 rings (SSSR count). The molecule has 3 aromatic heterocycles. The van der Waals surface area contributed by atoms with Gasteiger partial charge in [0.2, 0.25) is 0 Å². The highest BCUT2D eigenvalue weighted by Crippen LogP contribution is 2.42. The quantitative estimate of drug-likeness (QED) is 0.439. The molecule has 1 aliphatic rings. The molecular formula is C22H24N4S2. The number of anilines is 1. The molecule has 2 N–H and O–H groups in total. The Hall–Kier alpha value is -2.02. The van der Waals surface area contributed by atoms with E-state index in [2.05, 4.69) is 41.9 Å². The van der Waals surface area contributed by atoms with Crippen LogP contribution in [0.2, 0.25) is 0 Å². The zero-order chi connectivity index (χ0) is 19.3. The zero-order valence-electron chi connectivity index (χ0n) is 16.2. The van der Waals surface area contributed by atoms with E-state index in [1.165, 1.54) is 39.9 Å². The van der Waals surface area contributed by atoms with Gasteiger partial charge in [0, 0.05) is 39.7 Å². The summed E-state index contributed by atoms with van der Waals surface area (Å²) in [6.07, 6.45) is 4.46. The van der Waals surface area contributed by atoms with E-state index in [-0.39, 0.29) is 0 Å². The van der Waals surface area contributed by atoms with Gasteiger partial charge in [-0.05, 0) is 63.2 Å². The molecule has 0 amide bonds. The van der Waals surface area contributed by atoms with Crippen molar-refractivity contribution >= 4 is 48.8 Å². The molecule has 0 aliphatic carbocycles. The number of nitrogen functional groups attached to an aromatic ring is 1. The Kier molecular flexibility index (Phi) is 4.57. The van der Waals surface area contributed by atoms with E-state index in [1.54, 1.807) is 11.3 Å². The molecule has 144 valence electrons. The van der Waals surface area contributed by atoms with E-state index in [0.717, 1.165) is 27.6 Å². The lowest BCUT2D eigenvalue weighted by molar-refractivity contribution is 0.148. The fourth-order valence-corrected chi connectivity index (χ4v) is 6.67. The molecule has 4 heterocycles. The van der Waals surface area contributed by atoms with Crippen molar-refractivity contribution in [2.45, 2.75) is 38.6 Å². The topological polar surface area (TPSA) is 55.0 Å². The van der Waals surface area contributed by atoms with E-state index >= 15 is 0 Å². The second-order valence-electron chi connectivity index (χ2n) is 7.59. The van der Waals surface area contributed by atoms with Crippen LogP contribution in [0.3, 0.4) is 0 Å². The summed E-state index contributed by atoms with van der Waals surface area (Å²) in [5.41, 5.74) is 8.85. The van der Waals surface area contributed by atoms with Crippen LogP contribution in [0, 0.1) is 0 Å². The maximum absolute atomic E-state index is 5.94. The summed E-state index contributed by atoms with van der Waals surface area (Å²) < 4.78 is 1.17. The van der Waals surface area contributed by atoms with Gasteiger partial charge in [-0.1, -0.05) is 6.92 Å². The van der Waals surface area contributed by atoms with Crippen LogP contribution in [-0.2, 0) is 0 Å². The maximum atomic E-state index is 5.94. The molecule has 0 saturated carbocycles. The van der Waals surface area contributed by atoms with Gasteiger partial charge in [-0.2, -0.15) is 0 Å². The van der Waals surface area contributed by atoms with Gasteiger partial charge < -0.3 is 10.6 Å². The van der Waals surface area contributed by atoms with Gasteiger partial charge in [0.15, 0.2) is 0 Å². The van der Waals surface area contributed by atoms with Gasteiger partial charge in [-0.3, -0.25) is 0 Å². The molecule has 6 heteroatoms. The van der Waals surface area contributed by atoms with Crippen molar-refractivity contribution in [1.29, 1.82) is 0 Å². The molecule has 1 saturated heterocycles. The molecule has 2 atom stereocenters. The Labute approximate surface area is 173 Å². The van der Waals surface area contributed by atoms with Crippen LogP contribution in [0.15, 0.2) is 36.5 Å². The number of thiazole rings is 1. The summed E-state index contributed by atoms with van der Waals surface area (Å²) in [7, 11) is 0. The number of benzene rings is 1. The SMILES string of the molecule is CCN1CCCC(c2cc3c(-c4nc5cc(N)ccc5s4)ccnc3s2)C1C. The lowest BCUT2D eigenvalue weighted by atomic mass is 9.88. The third kappa shape index (κ3) is 3.00. The normalized spacial score (nSPS) is 20.9. The molecule has 4 nitrogen and oxygen atoms in total. The van der Waals surface area contributed by atoms with Crippen molar-refractivity contribution in [3.63, 3.8) is 0 Å². The van der Waals surface area contributed by atoms with Crippen molar-refractivity contribution in [3.8, 4) is 10.6 Å². The van der Waals surface area contributed by atoms with Crippen LogP contribution in [0.25, 0.3) is 31.0 Å². The van der Waals surface area contributed by atoms with Crippen LogP contribution < -0.4 is 5.73 Å². The molecule has 1 fully saturated rings. The monoisotopic (exact) mass is 408 g/mol. The first-order chi connectivity index (χ1) is 13.6. The number of rotatable bonds is 3. The van der Waals surface area contributed by atoms with Gasteiger partial charge >= 0.3 is 0 Å². The molecule has 0 radical (unpaired) electrons. The number of fused-ring (bicyclic) bond motifs is 2. The first-order valence-electron chi connectivity index (χ1n) is 9.93. The fourth-order valence-electron chi connectivity index (χ4n) is 4.43. The van der Waals surface area contributed by atoms with Crippen LogP contribution >= 0.6 is 22.7 Å². The van der Waals surface area contributed by atoms with Crippen molar-refractivity contribution < 1.29 is 0 Å². The Morgan fingerprint density at radius 1 is 1.21 bits per heavy atom. The fraction of sp³-hybridized carbons (Fsp3) is 0.364. The number of pyridine rings is 1. The lowest BCUT2D eigenvalue weighted by Gasteiger charge is -2.38. The highest BCUT2D eigenvalue weighted by Gasteiger charge is 2.29. The lowest BCUT2D eigenvalue weighted by Crippen LogP contribution is -2.41. The van der Waals surface area contributed by atoms with E-state index < -0.39 is 0 Å². The van der Waals surface area contributed by atoms with Crippen LogP contribution in [0.5, 0.6) is 0 Å². The summed E-state index contributed by atoms with van der Waals surface area (Å²) >= 11 is 3.58. The predicted octanol–water partition coefficient (Wildman–Crippen LogP) is 5.74. The largest absolute Gasteiger partial charge is 0.399 e. The second-order valence-corrected chi connectivity index (χ2v) is 9.68. The highest BCUT2D eigenvalue weighted by atomic mass is 32.1. The minimum Gasteiger partial charge on any atom is -0.399 e. The van der Waals surface area contributed by atoms with Crippen molar-refractivity contribution in [1.82, 2.24) is 14.9 Å². The zero-order valence-corrected chi connectivity index (χ0v) is 17.8. The van der Waals surface area contributed by atoms with E-state index in [4.69, 9.17) is 10.7 Å². The van der Waals surface area contributed by atoms with Gasteiger partial charge in [-0.25, -0.2) is 9.97 Å². The average molecular weight is 409 g/mol. The highest BCUT2D eigenvalue weighted by molar-refractivity contribution is 7.22. The average Bonchev–Trinajstić information content (AvgIpc) is 3.31. The maximum Gasteiger partial charge on any atom is 0.125 e. The van der Waals surface area contributed by atoms with Crippen LogP contribution in [0.1, 0.15) is 37.5 Å². The Bertz CT molecular complexity index is 1150. The molecular weight excluding hydrogens is 384 g/mol. The van der Waals surface area contributed by atoms with Crippen LogP contribution in [0.4, 0.5) is 5.69 Å². The molecule has 28 heavy (non-hydrogen) atoms. The Morgan fingerprint density at radius 2 is 2.11 bits per heavy atom. The minimum atomic E-state index is 0.584. The minimum absolute atomic E-state index is 0.584. The second kappa shape index (κ2) is 7.10. The number of likely N-dealkylation sites (tertiary alicyclic amines) is 1. The number of hydrogen-bond donors (Lipinski definition) is 1. The van der Waals surface area contributed by atoms with E-state index in [1.807, 2.05) is 29.7 Å². The molecule has 0 bridgehead atoms. The van der Waals surface area contributed by atoms with E-state index in [0.29, 0.717) is 12.0 Å². The number of piperidine rings is 1. The number of thiophene rings is 1.